The molecule has 0 saturated heterocycles. The van der Waals surface area contributed by atoms with Crippen LogP contribution >= 0.6 is 27.6 Å². The molecule has 0 aromatic carbocycles. The summed E-state index contributed by atoms with van der Waals surface area (Å²) in [6, 6.07) is 0. The Hall–Kier alpha value is 0.430. The molecule has 48 valence electrons. The van der Waals surface area contributed by atoms with Gasteiger partial charge in [-0.2, -0.15) is 0 Å². The summed E-state index contributed by atoms with van der Waals surface area (Å²) >= 11 is 3.25. The Kier molecular flexibility index (Phi) is 10.5. The van der Waals surface area contributed by atoms with Crippen LogP contribution in [0.15, 0.2) is 0 Å². The Bertz CT molecular complexity index is 73.3. The van der Waals surface area contributed by atoms with Gasteiger partial charge >= 0.3 is 15.3 Å². The molecule has 5 N–H and O–H groups in total. The second kappa shape index (κ2) is 7.43. The molecule has 0 spiro atoms. The van der Waals surface area contributed by atoms with E-state index in [9.17, 15) is 4.57 Å². The summed E-state index contributed by atoms with van der Waals surface area (Å²) in [5.74, 6) is 0. The Balaban J connectivity index is 0. The molecule has 0 aromatic heterocycles. The molecule has 0 aliphatic carbocycles. The fourth-order valence-electron chi connectivity index (χ4n) is 0. The highest BCUT2D eigenvalue weighted by Gasteiger charge is 1.88. The van der Waals surface area contributed by atoms with Gasteiger partial charge in [0.25, 0.3) is 0 Å². The molecular weight excluding hydrogens is 170 g/mol. The van der Waals surface area contributed by atoms with Gasteiger partial charge in [-0.05, 0) is 9.13 Å². The van der Waals surface area contributed by atoms with Crippen LogP contribution in [-0.2, 0) is 9.13 Å². The van der Waals surface area contributed by atoms with Gasteiger partial charge in [-0.25, -0.2) is 0 Å². The lowest BCUT2D eigenvalue weighted by atomic mass is 13.9. The van der Waals surface area contributed by atoms with Gasteiger partial charge in [0.05, 0.1) is 0 Å². The van der Waals surface area contributed by atoms with E-state index in [0.29, 0.717) is 0 Å². The summed E-state index contributed by atoms with van der Waals surface area (Å²) in [4.78, 5) is 7.34. The van der Waals surface area contributed by atoms with Crippen LogP contribution in [0.5, 0.6) is 0 Å². The van der Waals surface area contributed by atoms with E-state index in [1.165, 1.54) is 0 Å². The molecule has 2 unspecified atom stereocenters. The lowest BCUT2D eigenvalue weighted by Gasteiger charge is -1.36. The monoisotopic (exact) mass is 176 g/mol. The predicted molar refractivity (Wildman–Crippen MR) is 34.8 cm³/mol. The summed E-state index contributed by atoms with van der Waals surface area (Å²) in [6.45, 7) is 0. The quantitative estimate of drug-likeness (QED) is 0.310. The second-order valence-electron chi connectivity index (χ2n) is 0.605. The minimum absolute atomic E-state index is 1.68. The number of thiol groups is 1. The van der Waals surface area contributed by atoms with E-state index in [2.05, 4.69) is 23.3 Å². The van der Waals surface area contributed by atoms with E-state index in [0.717, 1.165) is 0 Å². The third-order valence-corrected chi connectivity index (χ3v) is 0. The first-order valence-corrected chi connectivity index (χ1v) is 5.04. The van der Waals surface area contributed by atoms with Crippen molar-refractivity contribution in [3.05, 3.63) is 0 Å². The van der Waals surface area contributed by atoms with Crippen molar-refractivity contribution >= 4 is 27.6 Å². The van der Waals surface area contributed by atoms with E-state index >= 15 is 0 Å². The van der Waals surface area contributed by atoms with Gasteiger partial charge < -0.3 is 0 Å². The van der Waals surface area contributed by atoms with Crippen molar-refractivity contribution in [3.8, 4) is 0 Å². The van der Waals surface area contributed by atoms with Gasteiger partial charge in [0, 0.05) is 0 Å². The molecule has 0 radical (unpaired) electrons. The molecular formula is H6N2O3P2S+2. The first-order valence-electron chi connectivity index (χ1n) is 1.28. The van der Waals surface area contributed by atoms with Crippen LogP contribution in [0.3, 0.4) is 0 Å². The molecule has 8 heavy (non-hydrogen) atoms. The highest BCUT2D eigenvalue weighted by atomic mass is 32.7. The van der Waals surface area contributed by atoms with Crippen molar-refractivity contribution in [2.75, 3.05) is 0 Å². The van der Waals surface area contributed by atoms with Crippen LogP contribution in [0.4, 0.5) is 0 Å². The number of rotatable bonds is 0. The molecule has 0 aromatic rings. The average Bonchev–Trinajstić information content (AvgIpc) is 1.25. The molecule has 0 fully saturated rings. The topological polar surface area (TPSA) is 106 Å². The van der Waals surface area contributed by atoms with E-state index in [1.54, 1.807) is 0 Å². The first kappa shape index (κ1) is 11.3. The van der Waals surface area contributed by atoms with Gasteiger partial charge in [0.1, 0.15) is 12.2 Å². The van der Waals surface area contributed by atoms with Crippen molar-refractivity contribution in [1.29, 1.82) is 0 Å². The molecule has 0 rings (SSSR count). The van der Waals surface area contributed by atoms with E-state index < -0.39 is 15.3 Å². The largest absolute Gasteiger partial charge is 0.607 e. The zero-order valence-electron chi connectivity index (χ0n) is 3.76. The van der Waals surface area contributed by atoms with Crippen LogP contribution < -0.4 is 11.0 Å². The second-order valence-corrected chi connectivity index (χ2v) is 3.00. The fourth-order valence-corrected chi connectivity index (χ4v) is 0. The highest BCUT2D eigenvalue weighted by molar-refractivity contribution is 8.39. The predicted octanol–water partition coefficient (Wildman–Crippen LogP) is 0.127. The zero-order valence-corrected chi connectivity index (χ0v) is 6.44. The summed E-state index contributed by atoms with van der Waals surface area (Å²) in [7, 11) is -4.05. The Morgan fingerprint density at radius 1 is 1.38 bits per heavy atom. The maximum Gasteiger partial charge on any atom is 0.607 e. The summed E-state index contributed by atoms with van der Waals surface area (Å²) in [6.07, 6.45) is 0. The first-order chi connectivity index (χ1) is 3.46. The summed E-state index contributed by atoms with van der Waals surface area (Å²) in [5.41, 5.74) is 8.66. The molecule has 0 aliphatic rings. The molecule has 0 heterocycles. The molecule has 0 bridgehead atoms. The number of hydrogen-bond donors (Lipinski definition) is 4. The maximum absolute atomic E-state index is 9.23. The minimum atomic E-state index is -2.37. The van der Waals surface area contributed by atoms with Crippen molar-refractivity contribution in [3.63, 3.8) is 0 Å². The van der Waals surface area contributed by atoms with Crippen LogP contribution in [0.2, 0.25) is 0 Å². The normalized spacial score (nSPS) is 11.0. The van der Waals surface area contributed by atoms with Gasteiger partial charge in [-0.15, -0.1) is 10.4 Å². The third-order valence-electron chi connectivity index (χ3n) is 0. The van der Waals surface area contributed by atoms with E-state index in [-0.39, 0.29) is 0 Å². The average molecular weight is 176 g/mol. The summed E-state index contributed by atoms with van der Waals surface area (Å²) < 4.78 is 18.2. The lowest BCUT2D eigenvalue weighted by molar-refractivity contribution is 0.504. The van der Waals surface area contributed by atoms with Gasteiger partial charge in [-0.3, -0.25) is 0 Å². The van der Waals surface area contributed by atoms with Crippen molar-refractivity contribution in [1.82, 2.24) is 0 Å². The fraction of sp³-hybridized carbons (Fsp3) is 0. The molecule has 0 aliphatic heterocycles. The molecule has 2 atom stereocenters. The standard InChI is InChI=1S/H2NO2P.H2NOPS/c1-4(2)3;1-3(2)4/h(H2-,1,2,3);(H2-,1,2,4)/p+2. The van der Waals surface area contributed by atoms with E-state index in [1.807, 2.05) is 0 Å². The highest BCUT2D eigenvalue weighted by Crippen LogP contribution is 2.10. The molecule has 5 nitrogen and oxygen atoms in total. The Morgan fingerprint density at radius 3 is 1.38 bits per heavy atom. The van der Waals surface area contributed by atoms with Crippen molar-refractivity contribution < 1.29 is 14.0 Å². The van der Waals surface area contributed by atoms with Gasteiger partial charge in [0.2, 0.25) is 0 Å². The van der Waals surface area contributed by atoms with Gasteiger partial charge in [0.15, 0.2) is 0 Å². The molecule has 0 amide bonds. The number of hydrogen-bond acceptors (Lipinski definition) is 2. The zero-order chi connectivity index (χ0) is 7.15. The van der Waals surface area contributed by atoms with Crippen LogP contribution in [0, 0.1) is 0 Å². The van der Waals surface area contributed by atoms with Gasteiger partial charge in [-0.1, -0.05) is 5.50 Å². The van der Waals surface area contributed by atoms with Crippen LogP contribution in [0.1, 0.15) is 0 Å². The minimum Gasteiger partial charge on any atom is -0.144 e. The number of nitrogens with two attached hydrogens (primary N) is 2. The van der Waals surface area contributed by atoms with Crippen molar-refractivity contribution in [2.45, 2.75) is 0 Å². The van der Waals surface area contributed by atoms with E-state index in [4.69, 9.17) is 9.46 Å². The Morgan fingerprint density at radius 2 is 1.38 bits per heavy atom. The van der Waals surface area contributed by atoms with Crippen LogP contribution in [0.25, 0.3) is 0 Å². The van der Waals surface area contributed by atoms with Crippen molar-refractivity contribution in [2.24, 2.45) is 11.0 Å². The molecule has 0 saturated carbocycles. The summed E-state index contributed by atoms with van der Waals surface area (Å²) in [5, 5.41) is 0. The Labute approximate surface area is 53.4 Å². The maximum atomic E-state index is 9.23. The molecule has 8 heteroatoms. The smallest absolute Gasteiger partial charge is 0.144 e. The third kappa shape index (κ3) is 1030. The SMILES string of the molecule is N[P+](=O)O.N[P+](=O)S. The lowest BCUT2D eigenvalue weighted by Crippen LogP contribution is -1.68. The van der Waals surface area contributed by atoms with Crippen LogP contribution in [-0.4, -0.2) is 4.89 Å².